The van der Waals surface area contributed by atoms with Crippen LogP contribution in [0.5, 0.6) is 0 Å². The van der Waals surface area contributed by atoms with E-state index in [1.165, 1.54) is 25.7 Å². The Labute approximate surface area is 186 Å². The van der Waals surface area contributed by atoms with Crippen LogP contribution in [-0.4, -0.2) is 52.2 Å². The molecule has 160 valence electrons. The zero-order chi connectivity index (χ0) is 20.9. The number of amides is 1. The number of carbonyl (C=O) groups excluding carboxylic acids is 2. The SMILES string of the molecule is O=C[C@H](Cc1cnc[nH]1)NC[C@@H]1C[C@@H]2CCCC[C@H]2CN1C(=O)c1ccc(Br)cc1. The predicted molar refractivity (Wildman–Crippen MR) is 119 cm³/mol. The van der Waals surface area contributed by atoms with Crippen molar-refractivity contribution in [3.05, 3.63) is 52.5 Å². The number of nitrogens with one attached hydrogen (secondary N) is 2. The van der Waals surface area contributed by atoms with E-state index in [4.69, 9.17) is 0 Å². The summed E-state index contributed by atoms with van der Waals surface area (Å²) >= 11 is 3.45. The van der Waals surface area contributed by atoms with Crippen LogP contribution in [0.2, 0.25) is 0 Å². The summed E-state index contributed by atoms with van der Waals surface area (Å²) in [6, 6.07) is 7.41. The van der Waals surface area contributed by atoms with E-state index in [1.807, 2.05) is 24.3 Å². The maximum absolute atomic E-state index is 13.4. The third kappa shape index (κ3) is 5.01. The average Bonchev–Trinajstić information content (AvgIpc) is 3.29. The monoisotopic (exact) mass is 472 g/mol. The first-order valence-corrected chi connectivity index (χ1v) is 11.7. The van der Waals surface area contributed by atoms with Gasteiger partial charge >= 0.3 is 0 Å². The quantitative estimate of drug-likeness (QED) is 0.603. The molecule has 2 fully saturated rings. The van der Waals surface area contributed by atoms with Gasteiger partial charge in [0.2, 0.25) is 0 Å². The van der Waals surface area contributed by atoms with Gasteiger partial charge in [-0.15, -0.1) is 0 Å². The van der Waals surface area contributed by atoms with Crippen molar-refractivity contribution in [2.75, 3.05) is 13.1 Å². The predicted octanol–water partition coefficient (Wildman–Crippen LogP) is 3.59. The summed E-state index contributed by atoms with van der Waals surface area (Å²) in [5, 5.41) is 3.40. The molecular weight excluding hydrogens is 444 g/mol. The molecule has 2 aromatic rings. The molecule has 1 aliphatic heterocycles. The van der Waals surface area contributed by atoms with Gasteiger partial charge in [-0.25, -0.2) is 4.98 Å². The van der Waals surface area contributed by atoms with Crippen LogP contribution in [0.15, 0.2) is 41.3 Å². The fourth-order valence-electron chi connectivity index (χ4n) is 5.00. The van der Waals surface area contributed by atoms with Gasteiger partial charge in [-0.2, -0.15) is 0 Å². The van der Waals surface area contributed by atoms with Gasteiger partial charge in [-0.05, 0) is 48.9 Å². The summed E-state index contributed by atoms with van der Waals surface area (Å²) in [6.07, 6.45) is 10.9. The van der Waals surface area contributed by atoms with Gasteiger partial charge in [0.15, 0.2) is 0 Å². The number of nitrogens with zero attached hydrogens (tertiary/aromatic N) is 2. The highest BCUT2D eigenvalue weighted by molar-refractivity contribution is 9.10. The number of piperidine rings is 1. The molecule has 2 aliphatic rings. The molecule has 30 heavy (non-hydrogen) atoms. The number of rotatable bonds is 7. The van der Waals surface area contributed by atoms with Gasteiger partial charge < -0.3 is 20.0 Å². The Morgan fingerprint density at radius 3 is 2.73 bits per heavy atom. The van der Waals surface area contributed by atoms with Crippen LogP contribution in [0.3, 0.4) is 0 Å². The topological polar surface area (TPSA) is 78.1 Å². The second-order valence-corrected chi connectivity index (χ2v) is 9.51. The molecule has 6 nitrogen and oxygen atoms in total. The molecule has 4 rings (SSSR count). The maximum atomic E-state index is 13.4. The van der Waals surface area contributed by atoms with E-state index in [0.717, 1.165) is 35.0 Å². The lowest BCUT2D eigenvalue weighted by Crippen LogP contribution is -2.55. The number of benzene rings is 1. The Morgan fingerprint density at radius 1 is 1.27 bits per heavy atom. The van der Waals surface area contributed by atoms with Crippen molar-refractivity contribution >= 4 is 28.1 Å². The van der Waals surface area contributed by atoms with Crippen LogP contribution < -0.4 is 5.32 Å². The molecule has 0 unspecified atom stereocenters. The molecule has 1 saturated carbocycles. The number of fused-ring (bicyclic) bond motifs is 1. The normalized spacial score (nSPS) is 24.8. The Hall–Kier alpha value is -1.99. The summed E-state index contributed by atoms with van der Waals surface area (Å²) in [7, 11) is 0. The maximum Gasteiger partial charge on any atom is 0.254 e. The Balaban J connectivity index is 1.47. The third-order valence-corrected chi connectivity index (χ3v) is 7.17. The van der Waals surface area contributed by atoms with Crippen LogP contribution in [0, 0.1) is 11.8 Å². The first-order valence-electron chi connectivity index (χ1n) is 10.9. The fraction of sp³-hybridized carbons (Fsp3) is 0.522. The van der Waals surface area contributed by atoms with E-state index in [9.17, 15) is 9.59 Å². The van der Waals surface area contributed by atoms with Gasteiger partial charge in [0.25, 0.3) is 5.91 Å². The zero-order valence-corrected chi connectivity index (χ0v) is 18.7. The standard InChI is InChI=1S/C23H29BrN4O2/c24-19-7-5-16(6-8-19)23(30)28-13-18-4-2-1-3-17(18)9-22(28)12-26-21(14-29)10-20-11-25-15-27-20/h5-8,11,14-15,17-18,21-22,26H,1-4,9-10,12-13H2,(H,25,27)/t17-,18-,21-,22-/m0/s1. The highest BCUT2D eigenvalue weighted by Crippen LogP contribution is 2.39. The molecule has 2 N–H and O–H groups in total. The van der Waals surface area contributed by atoms with E-state index < -0.39 is 0 Å². The molecule has 0 spiro atoms. The van der Waals surface area contributed by atoms with Crippen molar-refractivity contribution in [2.24, 2.45) is 11.8 Å². The molecular formula is C23H29BrN4O2. The third-order valence-electron chi connectivity index (χ3n) is 6.64. The number of likely N-dealkylation sites (tertiary alicyclic amines) is 1. The van der Waals surface area contributed by atoms with Crippen LogP contribution in [0.25, 0.3) is 0 Å². The summed E-state index contributed by atoms with van der Waals surface area (Å²) in [5.41, 5.74) is 1.65. The molecule has 2 heterocycles. The number of aromatic amines is 1. The van der Waals surface area contributed by atoms with Gasteiger partial charge in [0, 0.05) is 47.5 Å². The number of aromatic nitrogens is 2. The minimum atomic E-state index is -0.292. The lowest BCUT2D eigenvalue weighted by molar-refractivity contribution is -0.109. The summed E-state index contributed by atoms with van der Waals surface area (Å²) < 4.78 is 0.968. The van der Waals surface area contributed by atoms with Gasteiger partial charge in [-0.1, -0.05) is 35.2 Å². The number of aldehydes is 1. The van der Waals surface area contributed by atoms with Crippen LogP contribution >= 0.6 is 15.9 Å². The summed E-state index contributed by atoms with van der Waals surface area (Å²) in [6.45, 7) is 1.45. The number of hydrogen-bond acceptors (Lipinski definition) is 4. The van der Waals surface area contributed by atoms with Crippen molar-refractivity contribution in [3.8, 4) is 0 Å². The number of hydrogen-bond donors (Lipinski definition) is 2. The van der Waals surface area contributed by atoms with Crippen molar-refractivity contribution in [3.63, 3.8) is 0 Å². The molecule has 1 aromatic carbocycles. The lowest BCUT2D eigenvalue weighted by atomic mass is 9.72. The highest BCUT2D eigenvalue weighted by atomic mass is 79.9. The smallest absolute Gasteiger partial charge is 0.254 e. The molecule has 4 atom stereocenters. The number of halogens is 1. The number of imidazole rings is 1. The molecule has 1 aliphatic carbocycles. The Kier molecular flexibility index (Phi) is 7.00. The van der Waals surface area contributed by atoms with E-state index >= 15 is 0 Å². The number of H-pyrrole nitrogens is 1. The fourth-order valence-corrected chi connectivity index (χ4v) is 5.27. The van der Waals surface area contributed by atoms with Gasteiger partial charge in [0.05, 0.1) is 12.4 Å². The largest absolute Gasteiger partial charge is 0.348 e. The summed E-state index contributed by atoms with van der Waals surface area (Å²) in [5.74, 6) is 1.37. The molecule has 0 bridgehead atoms. The Morgan fingerprint density at radius 2 is 2.03 bits per heavy atom. The van der Waals surface area contributed by atoms with Crippen molar-refractivity contribution < 1.29 is 9.59 Å². The van der Waals surface area contributed by atoms with Crippen molar-refractivity contribution in [1.29, 1.82) is 0 Å². The minimum absolute atomic E-state index is 0.0922. The second kappa shape index (κ2) is 9.88. The van der Waals surface area contributed by atoms with Crippen LogP contribution in [-0.2, 0) is 11.2 Å². The summed E-state index contributed by atoms with van der Waals surface area (Å²) in [4.78, 5) is 34.1. The van der Waals surface area contributed by atoms with Gasteiger partial charge in [-0.3, -0.25) is 4.79 Å². The molecule has 1 saturated heterocycles. The number of carbonyl (C=O) groups is 2. The molecule has 0 radical (unpaired) electrons. The minimum Gasteiger partial charge on any atom is -0.348 e. The second-order valence-electron chi connectivity index (χ2n) is 8.59. The first-order chi connectivity index (χ1) is 14.6. The van der Waals surface area contributed by atoms with Crippen LogP contribution in [0.1, 0.15) is 48.2 Å². The zero-order valence-electron chi connectivity index (χ0n) is 17.1. The van der Waals surface area contributed by atoms with Crippen LogP contribution in [0.4, 0.5) is 0 Å². The average molecular weight is 473 g/mol. The molecule has 1 aromatic heterocycles. The Bertz CT molecular complexity index is 839. The van der Waals surface area contributed by atoms with Gasteiger partial charge in [0.1, 0.15) is 6.29 Å². The first kappa shape index (κ1) is 21.2. The van der Waals surface area contributed by atoms with E-state index in [-0.39, 0.29) is 18.0 Å². The van der Waals surface area contributed by atoms with Crippen molar-refractivity contribution in [1.82, 2.24) is 20.2 Å². The molecule has 1 amide bonds. The van der Waals surface area contributed by atoms with E-state index in [2.05, 4.69) is 36.1 Å². The van der Waals surface area contributed by atoms with E-state index in [0.29, 0.717) is 24.8 Å². The highest BCUT2D eigenvalue weighted by Gasteiger charge is 2.39. The van der Waals surface area contributed by atoms with Crippen molar-refractivity contribution in [2.45, 2.75) is 50.6 Å². The molecule has 7 heteroatoms. The van der Waals surface area contributed by atoms with E-state index in [1.54, 1.807) is 12.5 Å². The lowest BCUT2D eigenvalue weighted by Gasteiger charge is -2.46.